The van der Waals surface area contributed by atoms with Crippen molar-refractivity contribution in [1.29, 1.82) is 0 Å². The van der Waals surface area contributed by atoms with Crippen LogP contribution < -0.4 is 4.74 Å². The number of aromatic nitrogens is 1. The molecule has 0 aliphatic heterocycles. The van der Waals surface area contributed by atoms with Crippen LogP contribution in [0.3, 0.4) is 0 Å². The maximum Gasteiger partial charge on any atom is 0.416 e. The first-order valence-electron chi connectivity index (χ1n) is 8.48. The molecule has 0 saturated carbocycles. The van der Waals surface area contributed by atoms with Crippen molar-refractivity contribution < 1.29 is 27.4 Å². The van der Waals surface area contributed by atoms with Gasteiger partial charge in [-0.05, 0) is 54.0 Å². The number of alkyl halides is 3. The predicted molar refractivity (Wildman–Crippen MR) is 98.3 cm³/mol. The normalized spacial score (nSPS) is 11.9. The highest BCUT2D eigenvalue weighted by molar-refractivity contribution is 5.66. The van der Waals surface area contributed by atoms with E-state index in [9.17, 15) is 18.3 Å². The lowest BCUT2D eigenvalue weighted by molar-refractivity contribution is -0.137. The first-order valence-corrected chi connectivity index (χ1v) is 8.48. The number of aliphatic hydroxyl groups excluding tert-OH is 1. The molecule has 3 rings (SSSR count). The molecule has 0 atom stereocenters. The van der Waals surface area contributed by atoms with E-state index in [1.165, 1.54) is 18.4 Å². The molecule has 0 bridgehead atoms. The predicted octanol–water partition coefficient (Wildman–Crippen LogP) is 5.24. The molecule has 0 unspecified atom stereocenters. The Morgan fingerprint density at radius 3 is 2.50 bits per heavy atom. The fourth-order valence-electron chi connectivity index (χ4n) is 2.51. The first kappa shape index (κ1) is 19.7. The van der Waals surface area contributed by atoms with Crippen LogP contribution in [-0.4, -0.2) is 10.1 Å². The van der Waals surface area contributed by atoms with Crippen molar-refractivity contribution in [3.63, 3.8) is 0 Å². The molecular formula is C21H18F3NO3. The topological polar surface area (TPSA) is 55.5 Å². The molecule has 0 radical (unpaired) electrons. The molecule has 2 aromatic carbocycles. The van der Waals surface area contributed by atoms with Crippen molar-refractivity contribution in [3.8, 4) is 5.75 Å². The fraction of sp³-hybridized carbons (Fsp3) is 0.190. The molecule has 0 aliphatic rings. The van der Waals surface area contributed by atoms with Crippen molar-refractivity contribution >= 4 is 12.2 Å². The third kappa shape index (κ3) is 5.01. The van der Waals surface area contributed by atoms with Gasteiger partial charge in [-0.3, -0.25) is 0 Å². The Morgan fingerprint density at radius 1 is 1.11 bits per heavy atom. The molecule has 3 aromatic rings. The number of benzene rings is 2. The number of halogens is 3. The Balaban J connectivity index is 1.59. The number of ether oxygens (including phenoxy) is 1. The van der Waals surface area contributed by atoms with Crippen LogP contribution in [-0.2, 0) is 19.4 Å². The number of aryl methyl sites for hydroxylation is 1. The summed E-state index contributed by atoms with van der Waals surface area (Å²) in [7, 11) is 0. The summed E-state index contributed by atoms with van der Waals surface area (Å²) in [5.41, 5.74) is 2.26. The Bertz CT molecular complexity index is 960. The molecule has 0 spiro atoms. The molecule has 1 heterocycles. The lowest BCUT2D eigenvalue weighted by Gasteiger charge is -2.07. The summed E-state index contributed by atoms with van der Waals surface area (Å²) in [5.74, 6) is 0.977. The standard InChI is InChI=1S/C21H18F3NO3/c1-14-10-19(8-5-16(14)11-26)27-12-18-13-28-20(25-18)9-4-15-2-6-17(7-3-15)21(22,23)24/h2-10,13,26H,11-12H2,1H3/b9-4+. The summed E-state index contributed by atoms with van der Waals surface area (Å²) in [6.07, 6.45) is 0.303. The van der Waals surface area contributed by atoms with Crippen molar-refractivity contribution in [2.75, 3.05) is 0 Å². The summed E-state index contributed by atoms with van der Waals surface area (Å²) < 4.78 is 48.7. The van der Waals surface area contributed by atoms with Gasteiger partial charge in [-0.15, -0.1) is 0 Å². The molecule has 0 fully saturated rings. The summed E-state index contributed by atoms with van der Waals surface area (Å²) in [4.78, 5) is 4.25. The smallest absolute Gasteiger partial charge is 0.416 e. The average molecular weight is 389 g/mol. The van der Waals surface area contributed by atoms with Gasteiger partial charge in [-0.2, -0.15) is 13.2 Å². The third-order valence-corrected chi connectivity index (χ3v) is 4.10. The van der Waals surface area contributed by atoms with Crippen LogP contribution in [0.1, 0.15) is 33.8 Å². The van der Waals surface area contributed by atoms with Crippen LogP contribution >= 0.6 is 0 Å². The second-order valence-electron chi connectivity index (χ2n) is 6.17. The summed E-state index contributed by atoms with van der Waals surface area (Å²) in [6.45, 7) is 2.07. The van der Waals surface area contributed by atoms with Gasteiger partial charge in [0.1, 0.15) is 24.3 Å². The van der Waals surface area contributed by atoms with E-state index in [2.05, 4.69) is 4.98 Å². The third-order valence-electron chi connectivity index (χ3n) is 4.10. The number of rotatable bonds is 6. The van der Waals surface area contributed by atoms with Gasteiger partial charge in [0.15, 0.2) is 0 Å². The monoisotopic (exact) mass is 389 g/mol. The van der Waals surface area contributed by atoms with Crippen LogP contribution in [0.25, 0.3) is 12.2 Å². The minimum absolute atomic E-state index is 0.0238. The largest absolute Gasteiger partial charge is 0.487 e. The molecule has 7 heteroatoms. The van der Waals surface area contributed by atoms with Gasteiger partial charge < -0.3 is 14.3 Å². The highest BCUT2D eigenvalue weighted by Gasteiger charge is 2.29. The van der Waals surface area contributed by atoms with Gasteiger partial charge in [-0.25, -0.2) is 4.98 Å². The van der Waals surface area contributed by atoms with Gasteiger partial charge in [0.05, 0.1) is 12.2 Å². The van der Waals surface area contributed by atoms with E-state index >= 15 is 0 Å². The highest BCUT2D eigenvalue weighted by Crippen LogP contribution is 2.29. The molecule has 1 aromatic heterocycles. The molecular weight excluding hydrogens is 371 g/mol. The van der Waals surface area contributed by atoms with E-state index in [4.69, 9.17) is 9.15 Å². The van der Waals surface area contributed by atoms with E-state index < -0.39 is 11.7 Å². The number of aliphatic hydroxyl groups is 1. The molecule has 146 valence electrons. The molecule has 1 N–H and O–H groups in total. The van der Waals surface area contributed by atoms with Gasteiger partial charge in [0.2, 0.25) is 5.89 Å². The fourth-order valence-corrected chi connectivity index (χ4v) is 2.51. The van der Waals surface area contributed by atoms with Crippen molar-refractivity contribution in [2.24, 2.45) is 0 Å². The quantitative estimate of drug-likeness (QED) is 0.626. The van der Waals surface area contributed by atoms with E-state index in [0.29, 0.717) is 22.9 Å². The zero-order valence-corrected chi connectivity index (χ0v) is 15.0. The SMILES string of the molecule is Cc1cc(OCc2coc(/C=C/c3ccc(C(F)(F)F)cc3)n2)ccc1CO. The summed E-state index contributed by atoms with van der Waals surface area (Å²) in [5, 5.41) is 9.18. The number of nitrogens with zero attached hydrogens (tertiary/aromatic N) is 1. The molecule has 0 aliphatic carbocycles. The van der Waals surface area contributed by atoms with E-state index in [1.807, 2.05) is 13.0 Å². The highest BCUT2D eigenvalue weighted by atomic mass is 19.4. The molecule has 28 heavy (non-hydrogen) atoms. The minimum atomic E-state index is -4.35. The van der Waals surface area contributed by atoms with Gasteiger partial charge in [-0.1, -0.05) is 18.2 Å². The van der Waals surface area contributed by atoms with Crippen molar-refractivity contribution in [1.82, 2.24) is 4.98 Å². The lowest BCUT2D eigenvalue weighted by Crippen LogP contribution is -2.03. The summed E-state index contributed by atoms with van der Waals surface area (Å²) in [6, 6.07) is 10.2. The van der Waals surface area contributed by atoms with Crippen LogP contribution in [0.4, 0.5) is 13.2 Å². The zero-order chi connectivity index (χ0) is 20.1. The maximum atomic E-state index is 12.6. The van der Waals surface area contributed by atoms with Crippen LogP contribution in [0.15, 0.2) is 53.1 Å². The second kappa shape index (κ2) is 8.31. The minimum Gasteiger partial charge on any atom is -0.487 e. The van der Waals surface area contributed by atoms with E-state index in [1.54, 1.807) is 24.3 Å². The number of oxazole rings is 1. The molecule has 0 saturated heterocycles. The lowest BCUT2D eigenvalue weighted by atomic mass is 10.1. The Kier molecular flexibility index (Phi) is 5.84. The van der Waals surface area contributed by atoms with Crippen LogP contribution in [0.2, 0.25) is 0 Å². The van der Waals surface area contributed by atoms with E-state index in [0.717, 1.165) is 23.3 Å². The number of hydrogen-bond acceptors (Lipinski definition) is 4. The van der Waals surface area contributed by atoms with Gasteiger partial charge in [0, 0.05) is 6.08 Å². The Hall–Kier alpha value is -3.06. The van der Waals surface area contributed by atoms with Crippen molar-refractivity contribution in [3.05, 3.63) is 82.6 Å². The summed E-state index contributed by atoms with van der Waals surface area (Å²) >= 11 is 0. The van der Waals surface area contributed by atoms with Crippen molar-refractivity contribution in [2.45, 2.75) is 26.3 Å². The number of hydrogen-bond donors (Lipinski definition) is 1. The van der Waals surface area contributed by atoms with Crippen LogP contribution in [0.5, 0.6) is 5.75 Å². The Morgan fingerprint density at radius 2 is 1.86 bits per heavy atom. The second-order valence-corrected chi connectivity index (χ2v) is 6.17. The molecule has 4 nitrogen and oxygen atoms in total. The molecule has 0 amide bonds. The maximum absolute atomic E-state index is 12.6. The average Bonchev–Trinajstić information content (AvgIpc) is 3.12. The Labute approximate surface area is 159 Å². The van der Waals surface area contributed by atoms with E-state index in [-0.39, 0.29) is 13.2 Å². The van der Waals surface area contributed by atoms with Crippen LogP contribution in [0, 0.1) is 6.92 Å². The van der Waals surface area contributed by atoms with Gasteiger partial charge in [0.25, 0.3) is 0 Å². The van der Waals surface area contributed by atoms with Gasteiger partial charge >= 0.3 is 6.18 Å². The first-order chi connectivity index (χ1) is 13.3. The zero-order valence-electron chi connectivity index (χ0n) is 15.0.